The lowest BCUT2D eigenvalue weighted by molar-refractivity contribution is -0.111. The fourth-order valence-electron chi connectivity index (χ4n) is 1.95. The number of benzene rings is 1. The molecule has 0 fully saturated rings. The SMILES string of the molecule is COc1ccc(/C=C/C(=O)Nc2c(C#N)cnn2C)cc1OC. The van der Waals surface area contributed by atoms with Crippen LogP contribution in [0.15, 0.2) is 30.5 Å². The van der Waals surface area contributed by atoms with Crippen molar-refractivity contribution in [2.75, 3.05) is 19.5 Å². The maximum absolute atomic E-state index is 12.0. The van der Waals surface area contributed by atoms with Crippen LogP contribution in [-0.2, 0) is 11.8 Å². The maximum atomic E-state index is 12.0. The van der Waals surface area contributed by atoms with Crippen molar-refractivity contribution in [2.45, 2.75) is 0 Å². The first-order valence-corrected chi connectivity index (χ1v) is 6.72. The van der Waals surface area contributed by atoms with E-state index in [-0.39, 0.29) is 5.91 Å². The molecule has 7 nitrogen and oxygen atoms in total. The fourth-order valence-corrected chi connectivity index (χ4v) is 1.95. The first kappa shape index (κ1) is 16.1. The monoisotopic (exact) mass is 312 g/mol. The molecule has 1 aromatic carbocycles. The molecule has 0 aliphatic carbocycles. The summed E-state index contributed by atoms with van der Waals surface area (Å²) in [7, 11) is 4.75. The minimum Gasteiger partial charge on any atom is -0.493 e. The third-order valence-corrected chi connectivity index (χ3v) is 3.14. The van der Waals surface area contributed by atoms with Gasteiger partial charge in [-0.05, 0) is 23.8 Å². The molecule has 2 rings (SSSR count). The van der Waals surface area contributed by atoms with Gasteiger partial charge in [-0.15, -0.1) is 0 Å². The number of nitrogens with one attached hydrogen (secondary N) is 1. The van der Waals surface area contributed by atoms with Crippen molar-refractivity contribution in [1.29, 1.82) is 5.26 Å². The highest BCUT2D eigenvalue weighted by atomic mass is 16.5. The number of aromatic nitrogens is 2. The Morgan fingerprint density at radius 2 is 2.09 bits per heavy atom. The third-order valence-electron chi connectivity index (χ3n) is 3.14. The number of methoxy groups -OCH3 is 2. The van der Waals surface area contributed by atoms with Crippen molar-refractivity contribution in [3.63, 3.8) is 0 Å². The number of hydrogen-bond donors (Lipinski definition) is 1. The smallest absolute Gasteiger partial charge is 0.249 e. The summed E-state index contributed by atoms with van der Waals surface area (Å²) >= 11 is 0. The first-order valence-electron chi connectivity index (χ1n) is 6.72. The lowest BCUT2D eigenvalue weighted by atomic mass is 10.2. The van der Waals surface area contributed by atoms with Crippen LogP contribution in [-0.4, -0.2) is 29.9 Å². The highest BCUT2D eigenvalue weighted by molar-refractivity contribution is 6.02. The number of ether oxygens (including phenoxy) is 2. The van der Waals surface area contributed by atoms with Crippen LogP contribution in [0, 0.1) is 11.3 Å². The molecular weight excluding hydrogens is 296 g/mol. The van der Waals surface area contributed by atoms with Crippen molar-refractivity contribution < 1.29 is 14.3 Å². The Balaban J connectivity index is 2.12. The van der Waals surface area contributed by atoms with Crippen LogP contribution in [0.1, 0.15) is 11.1 Å². The van der Waals surface area contributed by atoms with E-state index < -0.39 is 0 Å². The van der Waals surface area contributed by atoms with E-state index in [0.29, 0.717) is 22.9 Å². The van der Waals surface area contributed by atoms with Crippen LogP contribution in [0.4, 0.5) is 5.82 Å². The van der Waals surface area contributed by atoms with Crippen molar-refractivity contribution in [3.05, 3.63) is 41.6 Å². The molecule has 0 radical (unpaired) electrons. The van der Waals surface area contributed by atoms with Gasteiger partial charge in [0.2, 0.25) is 5.91 Å². The quantitative estimate of drug-likeness (QED) is 0.852. The van der Waals surface area contributed by atoms with Crippen LogP contribution in [0.2, 0.25) is 0 Å². The zero-order valence-corrected chi connectivity index (χ0v) is 13.0. The summed E-state index contributed by atoms with van der Waals surface area (Å²) in [5, 5.41) is 15.5. The average Bonchev–Trinajstić information content (AvgIpc) is 2.92. The summed E-state index contributed by atoms with van der Waals surface area (Å²) in [6, 6.07) is 7.28. The molecule has 0 aliphatic rings. The van der Waals surface area contributed by atoms with Gasteiger partial charge in [-0.25, -0.2) is 0 Å². The number of rotatable bonds is 5. The predicted molar refractivity (Wildman–Crippen MR) is 85.1 cm³/mol. The Morgan fingerprint density at radius 1 is 1.35 bits per heavy atom. The second-order valence-corrected chi connectivity index (χ2v) is 4.58. The summed E-state index contributed by atoms with van der Waals surface area (Å²) in [6.45, 7) is 0. The molecule has 118 valence electrons. The van der Waals surface area contributed by atoms with Crippen molar-refractivity contribution in [3.8, 4) is 17.6 Å². The molecule has 0 atom stereocenters. The molecule has 0 spiro atoms. The van der Waals surface area contributed by atoms with Gasteiger partial charge >= 0.3 is 0 Å². The van der Waals surface area contributed by atoms with Gasteiger partial charge in [0.05, 0.1) is 20.4 Å². The van der Waals surface area contributed by atoms with Crippen LogP contribution in [0.5, 0.6) is 11.5 Å². The summed E-state index contributed by atoms with van der Waals surface area (Å²) in [4.78, 5) is 12.0. The van der Waals surface area contributed by atoms with Gasteiger partial charge in [0, 0.05) is 13.1 Å². The molecule has 2 aromatic rings. The van der Waals surface area contributed by atoms with Crippen molar-refractivity contribution >= 4 is 17.8 Å². The zero-order chi connectivity index (χ0) is 16.8. The van der Waals surface area contributed by atoms with Gasteiger partial charge in [0.25, 0.3) is 0 Å². The van der Waals surface area contributed by atoms with Gasteiger partial charge in [-0.3, -0.25) is 9.48 Å². The number of aryl methyl sites for hydroxylation is 1. The Labute approximate surface area is 133 Å². The van der Waals surface area contributed by atoms with Crippen LogP contribution < -0.4 is 14.8 Å². The molecular formula is C16H16N4O3. The number of anilines is 1. The molecule has 1 aromatic heterocycles. The predicted octanol–water partition coefficient (Wildman–Crippen LogP) is 1.96. The second-order valence-electron chi connectivity index (χ2n) is 4.58. The summed E-state index contributed by atoms with van der Waals surface area (Å²) in [5.74, 6) is 1.19. The topological polar surface area (TPSA) is 89.2 Å². The van der Waals surface area contributed by atoms with E-state index in [9.17, 15) is 4.79 Å². The molecule has 1 N–H and O–H groups in total. The second kappa shape index (κ2) is 7.13. The van der Waals surface area contributed by atoms with Gasteiger partial charge in [0.1, 0.15) is 17.5 Å². The standard InChI is InChI=1S/C16H16N4O3/c1-20-16(12(9-17)10-18-20)19-15(21)7-5-11-4-6-13(22-2)14(8-11)23-3/h4-8,10H,1-3H3,(H,19,21)/b7-5+. The van der Waals surface area contributed by atoms with Crippen LogP contribution in [0.25, 0.3) is 6.08 Å². The largest absolute Gasteiger partial charge is 0.493 e. The molecule has 0 saturated carbocycles. The van der Waals surface area contributed by atoms with E-state index in [1.54, 1.807) is 45.5 Å². The number of carbonyl (C=O) groups is 1. The molecule has 0 unspecified atom stereocenters. The average molecular weight is 312 g/mol. The van der Waals surface area contributed by atoms with E-state index >= 15 is 0 Å². The van der Waals surface area contributed by atoms with Crippen molar-refractivity contribution in [2.24, 2.45) is 7.05 Å². The van der Waals surface area contributed by atoms with E-state index in [4.69, 9.17) is 14.7 Å². The number of carbonyl (C=O) groups excluding carboxylic acids is 1. The van der Waals surface area contributed by atoms with Gasteiger partial charge in [0.15, 0.2) is 11.5 Å². The number of hydrogen-bond acceptors (Lipinski definition) is 5. The van der Waals surface area contributed by atoms with E-state index in [1.807, 2.05) is 6.07 Å². The molecule has 0 saturated heterocycles. The zero-order valence-electron chi connectivity index (χ0n) is 13.0. The molecule has 1 amide bonds. The highest BCUT2D eigenvalue weighted by Gasteiger charge is 2.10. The van der Waals surface area contributed by atoms with Crippen LogP contribution >= 0.6 is 0 Å². The summed E-state index contributed by atoms with van der Waals surface area (Å²) in [5.41, 5.74) is 1.09. The summed E-state index contributed by atoms with van der Waals surface area (Å²) < 4.78 is 11.8. The van der Waals surface area contributed by atoms with Gasteiger partial charge < -0.3 is 14.8 Å². The number of nitriles is 1. The van der Waals surface area contributed by atoms with Gasteiger partial charge in [-0.1, -0.05) is 6.07 Å². The Bertz CT molecular complexity index is 787. The van der Waals surface area contributed by atoms with Crippen LogP contribution in [0.3, 0.4) is 0 Å². The van der Waals surface area contributed by atoms with E-state index in [0.717, 1.165) is 5.56 Å². The Morgan fingerprint density at radius 3 is 2.74 bits per heavy atom. The highest BCUT2D eigenvalue weighted by Crippen LogP contribution is 2.27. The molecule has 23 heavy (non-hydrogen) atoms. The molecule has 7 heteroatoms. The fraction of sp³-hybridized carbons (Fsp3) is 0.188. The Kier molecular flexibility index (Phi) is 5.00. The molecule has 0 aliphatic heterocycles. The summed E-state index contributed by atoms with van der Waals surface area (Å²) in [6.07, 6.45) is 4.41. The van der Waals surface area contributed by atoms with E-state index in [2.05, 4.69) is 10.4 Å². The minimum atomic E-state index is -0.361. The third kappa shape index (κ3) is 3.68. The van der Waals surface area contributed by atoms with Crippen molar-refractivity contribution in [1.82, 2.24) is 9.78 Å². The first-order chi connectivity index (χ1) is 11.1. The number of amides is 1. The lowest BCUT2D eigenvalue weighted by Crippen LogP contribution is -2.12. The lowest BCUT2D eigenvalue weighted by Gasteiger charge is -2.07. The molecule has 0 bridgehead atoms. The molecule has 1 heterocycles. The van der Waals surface area contributed by atoms with E-state index in [1.165, 1.54) is 17.0 Å². The maximum Gasteiger partial charge on any atom is 0.249 e. The van der Waals surface area contributed by atoms with Gasteiger partial charge in [-0.2, -0.15) is 10.4 Å². The minimum absolute atomic E-state index is 0.306. The number of nitrogens with zero attached hydrogens (tertiary/aromatic N) is 3. The normalized spacial score (nSPS) is 10.3. The Hall–Kier alpha value is -3.27.